The average molecular weight is 186 g/mol. The molecule has 1 heterocycles. The number of rotatable bonds is 3. The van der Waals surface area contributed by atoms with Crippen LogP contribution >= 0.6 is 0 Å². The monoisotopic (exact) mass is 186 g/mol. The van der Waals surface area contributed by atoms with Gasteiger partial charge >= 0.3 is 0 Å². The van der Waals surface area contributed by atoms with E-state index in [-0.39, 0.29) is 12.0 Å². The first-order valence-electron chi connectivity index (χ1n) is 4.72. The van der Waals surface area contributed by atoms with Crippen LogP contribution in [0.5, 0.6) is 0 Å². The highest BCUT2D eigenvalue weighted by Crippen LogP contribution is 2.12. The van der Waals surface area contributed by atoms with Gasteiger partial charge in [0.2, 0.25) is 5.96 Å². The van der Waals surface area contributed by atoms with E-state index < -0.39 is 0 Å². The number of nitrogens with zero attached hydrogens (tertiary/aromatic N) is 2. The molecule has 1 saturated heterocycles. The van der Waals surface area contributed by atoms with Gasteiger partial charge in [0.15, 0.2) is 0 Å². The van der Waals surface area contributed by atoms with Gasteiger partial charge in [0, 0.05) is 13.1 Å². The minimum atomic E-state index is 0.114. The van der Waals surface area contributed by atoms with Crippen LogP contribution in [0, 0.1) is 0 Å². The van der Waals surface area contributed by atoms with Crippen molar-refractivity contribution in [1.29, 1.82) is 0 Å². The molecule has 0 bridgehead atoms. The highest BCUT2D eigenvalue weighted by Gasteiger charge is 2.20. The smallest absolute Gasteiger partial charge is 0.213 e. The first-order chi connectivity index (χ1) is 6.26. The molecule has 0 amide bonds. The van der Waals surface area contributed by atoms with E-state index in [1.54, 1.807) is 0 Å². The van der Waals surface area contributed by atoms with Gasteiger partial charge in [-0.25, -0.2) is 10.5 Å². The Morgan fingerprint density at radius 3 is 3.15 bits per heavy atom. The van der Waals surface area contributed by atoms with E-state index in [0.717, 1.165) is 26.1 Å². The second-order valence-electron chi connectivity index (χ2n) is 3.37. The maximum atomic E-state index is 8.44. The van der Waals surface area contributed by atoms with Crippen LogP contribution in [0.15, 0.2) is 4.99 Å². The SMILES string of the molecule is CCCN1CCC(N=C(N)NO)C1. The summed E-state index contributed by atoms with van der Waals surface area (Å²) in [6.45, 7) is 5.33. The van der Waals surface area contributed by atoms with Gasteiger partial charge in [0.1, 0.15) is 0 Å². The van der Waals surface area contributed by atoms with Crippen LogP contribution in [0.3, 0.4) is 0 Å². The summed E-state index contributed by atoms with van der Waals surface area (Å²) in [4.78, 5) is 6.48. The van der Waals surface area contributed by atoms with E-state index in [1.165, 1.54) is 6.42 Å². The number of hydrogen-bond acceptors (Lipinski definition) is 3. The lowest BCUT2D eigenvalue weighted by Crippen LogP contribution is -2.31. The van der Waals surface area contributed by atoms with Gasteiger partial charge in [-0.15, -0.1) is 0 Å². The summed E-state index contributed by atoms with van der Waals surface area (Å²) in [6, 6.07) is 0.242. The summed E-state index contributed by atoms with van der Waals surface area (Å²) in [5.74, 6) is 0.114. The molecule has 1 fully saturated rings. The normalized spacial score (nSPS) is 25.1. The Kier molecular flexibility index (Phi) is 3.98. The fourth-order valence-corrected chi connectivity index (χ4v) is 1.66. The van der Waals surface area contributed by atoms with Gasteiger partial charge in [-0.05, 0) is 19.4 Å². The molecule has 1 rings (SSSR count). The molecule has 0 aromatic rings. The first kappa shape index (κ1) is 10.3. The summed E-state index contributed by atoms with van der Waals surface area (Å²) in [5.41, 5.74) is 7.19. The molecule has 1 unspecified atom stereocenters. The van der Waals surface area contributed by atoms with Crippen LogP contribution in [-0.2, 0) is 0 Å². The number of hydroxylamine groups is 1. The number of guanidine groups is 1. The maximum absolute atomic E-state index is 8.44. The number of likely N-dealkylation sites (tertiary alicyclic amines) is 1. The van der Waals surface area contributed by atoms with Gasteiger partial charge < -0.3 is 10.6 Å². The standard InChI is InChI=1S/C8H18N4O/c1-2-4-12-5-3-7(6-12)10-8(9)11-13/h7,13H,2-6H2,1H3,(H3,9,10,11). The van der Waals surface area contributed by atoms with Gasteiger partial charge in [0.25, 0.3) is 0 Å². The van der Waals surface area contributed by atoms with E-state index in [0.29, 0.717) is 0 Å². The Labute approximate surface area is 78.6 Å². The molecule has 0 saturated carbocycles. The average Bonchev–Trinajstić information content (AvgIpc) is 2.53. The van der Waals surface area contributed by atoms with Crippen molar-refractivity contribution in [3.05, 3.63) is 0 Å². The van der Waals surface area contributed by atoms with Gasteiger partial charge in [0.05, 0.1) is 6.04 Å². The Balaban J connectivity index is 2.32. The van der Waals surface area contributed by atoms with Crippen LogP contribution in [0.1, 0.15) is 19.8 Å². The van der Waals surface area contributed by atoms with Gasteiger partial charge in [-0.1, -0.05) is 6.92 Å². The molecule has 13 heavy (non-hydrogen) atoms. The number of aliphatic imine (C=N–C) groups is 1. The first-order valence-corrected chi connectivity index (χ1v) is 4.72. The highest BCUT2D eigenvalue weighted by molar-refractivity contribution is 5.76. The third-order valence-corrected chi connectivity index (χ3v) is 2.22. The lowest BCUT2D eigenvalue weighted by molar-refractivity contribution is 0.232. The van der Waals surface area contributed by atoms with Crippen molar-refractivity contribution in [1.82, 2.24) is 10.4 Å². The third-order valence-electron chi connectivity index (χ3n) is 2.22. The zero-order valence-corrected chi connectivity index (χ0v) is 8.03. The zero-order chi connectivity index (χ0) is 9.68. The molecule has 0 spiro atoms. The third kappa shape index (κ3) is 3.20. The molecule has 0 radical (unpaired) electrons. The number of nitrogens with two attached hydrogens (primary N) is 1. The van der Waals surface area contributed by atoms with Crippen molar-refractivity contribution in [3.63, 3.8) is 0 Å². The Morgan fingerprint density at radius 1 is 1.77 bits per heavy atom. The molecule has 4 N–H and O–H groups in total. The van der Waals surface area contributed by atoms with Crippen LogP contribution in [0.25, 0.3) is 0 Å². The Hall–Kier alpha value is -0.810. The van der Waals surface area contributed by atoms with E-state index in [4.69, 9.17) is 10.9 Å². The van der Waals surface area contributed by atoms with E-state index >= 15 is 0 Å². The Morgan fingerprint density at radius 2 is 2.54 bits per heavy atom. The number of nitrogens with one attached hydrogen (secondary N) is 1. The zero-order valence-electron chi connectivity index (χ0n) is 8.03. The second-order valence-corrected chi connectivity index (χ2v) is 3.37. The Bertz CT molecular complexity index is 183. The van der Waals surface area contributed by atoms with Gasteiger partial charge in [-0.2, -0.15) is 0 Å². The summed E-state index contributed by atoms with van der Waals surface area (Å²) >= 11 is 0. The van der Waals surface area contributed by atoms with E-state index in [2.05, 4.69) is 16.8 Å². The van der Waals surface area contributed by atoms with Crippen LogP contribution in [0.4, 0.5) is 0 Å². The molecule has 1 aliphatic rings. The largest absolute Gasteiger partial charge is 0.368 e. The van der Waals surface area contributed by atoms with Crippen LogP contribution in [0.2, 0.25) is 0 Å². The van der Waals surface area contributed by atoms with Gasteiger partial charge in [-0.3, -0.25) is 5.21 Å². The minimum Gasteiger partial charge on any atom is -0.368 e. The molecule has 0 aliphatic carbocycles. The van der Waals surface area contributed by atoms with Crippen molar-refractivity contribution in [2.45, 2.75) is 25.8 Å². The van der Waals surface area contributed by atoms with E-state index in [1.807, 2.05) is 5.48 Å². The molecule has 1 aliphatic heterocycles. The molecular formula is C8H18N4O. The van der Waals surface area contributed by atoms with Crippen molar-refractivity contribution >= 4 is 5.96 Å². The summed E-state index contributed by atoms with van der Waals surface area (Å²) < 4.78 is 0. The fourth-order valence-electron chi connectivity index (χ4n) is 1.66. The van der Waals surface area contributed by atoms with Crippen LogP contribution in [-0.4, -0.2) is 41.7 Å². The molecule has 0 aromatic heterocycles. The predicted molar refractivity (Wildman–Crippen MR) is 51.7 cm³/mol. The van der Waals surface area contributed by atoms with Crippen molar-refractivity contribution in [2.75, 3.05) is 19.6 Å². The van der Waals surface area contributed by atoms with Crippen LogP contribution < -0.4 is 11.2 Å². The maximum Gasteiger partial charge on any atom is 0.213 e. The predicted octanol–water partition coefficient (Wildman–Crippen LogP) is -0.236. The molecule has 76 valence electrons. The topological polar surface area (TPSA) is 73.9 Å². The van der Waals surface area contributed by atoms with Crippen molar-refractivity contribution in [3.8, 4) is 0 Å². The highest BCUT2D eigenvalue weighted by atomic mass is 16.5. The molecule has 5 nitrogen and oxygen atoms in total. The summed E-state index contributed by atoms with van der Waals surface area (Å²) in [5, 5.41) is 8.44. The van der Waals surface area contributed by atoms with E-state index in [9.17, 15) is 0 Å². The fraction of sp³-hybridized carbons (Fsp3) is 0.875. The lowest BCUT2D eigenvalue weighted by atomic mass is 10.3. The summed E-state index contributed by atoms with van der Waals surface area (Å²) in [6.07, 6.45) is 2.20. The number of hydrogen-bond donors (Lipinski definition) is 3. The molecule has 0 aromatic carbocycles. The van der Waals surface area contributed by atoms with Crippen molar-refractivity contribution < 1.29 is 5.21 Å². The van der Waals surface area contributed by atoms with Crippen molar-refractivity contribution in [2.24, 2.45) is 10.7 Å². The quantitative estimate of drug-likeness (QED) is 0.323. The lowest BCUT2D eigenvalue weighted by Gasteiger charge is -2.12. The molecule has 5 heteroatoms. The summed E-state index contributed by atoms with van der Waals surface area (Å²) in [7, 11) is 0. The molecular weight excluding hydrogens is 168 g/mol. The minimum absolute atomic E-state index is 0.114. The molecule has 1 atom stereocenters. The second kappa shape index (κ2) is 5.04.